The number of nitrogens with zero attached hydrogens (tertiary/aromatic N) is 3. The monoisotopic (exact) mass is 371 g/mol. The SMILES string of the molecule is Cc1ccc2cc(CN3CC[C@H](CO)[C@H](O)C3)c(N3CCOCC3)nc2c1. The van der Waals surface area contributed by atoms with Crippen LogP contribution in [-0.2, 0) is 11.3 Å². The third kappa shape index (κ3) is 4.09. The van der Waals surface area contributed by atoms with Crippen LogP contribution >= 0.6 is 0 Å². The van der Waals surface area contributed by atoms with Crippen molar-refractivity contribution < 1.29 is 14.9 Å². The van der Waals surface area contributed by atoms with Gasteiger partial charge in [-0.1, -0.05) is 12.1 Å². The van der Waals surface area contributed by atoms with E-state index in [4.69, 9.17) is 9.72 Å². The number of hydrogen-bond donors (Lipinski definition) is 2. The maximum absolute atomic E-state index is 10.3. The number of fused-ring (bicyclic) bond motifs is 1. The number of hydrogen-bond acceptors (Lipinski definition) is 6. The van der Waals surface area contributed by atoms with Crippen molar-refractivity contribution in [3.63, 3.8) is 0 Å². The molecule has 2 N–H and O–H groups in total. The molecular formula is C21H29N3O3. The van der Waals surface area contributed by atoms with E-state index in [-0.39, 0.29) is 12.5 Å². The van der Waals surface area contributed by atoms with Crippen LogP contribution in [0.15, 0.2) is 24.3 Å². The van der Waals surface area contributed by atoms with E-state index < -0.39 is 6.10 Å². The average Bonchev–Trinajstić information content (AvgIpc) is 2.68. The normalized spacial score (nSPS) is 24.5. The molecule has 2 aromatic rings. The van der Waals surface area contributed by atoms with Crippen molar-refractivity contribution in [1.82, 2.24) is 9.88 Å². The van der Waals surface area contributed by atoms with E-state index in [1.165, 1.54) is 11.1 Å². The van der Waals surface area contributed by atoms with Gasteiger partial charge in [-0.3, -0.25) is 4.90 Å². The fourth-order valence-corrected chi connectivity index (χ4v) is 4.12. The van der Waals surface area contributed by atoms with Gasteiger partial charge in [-0.2, -0.15) is 0 Å². The lowest BCUT2D eigenvalue weighted by molar-refractivity contribution is -0.00443. The van der Waals surface area contributed by atoms with Crippen LogP contribution in [0.1, 0.15) is 17.5 Å². The molecule has 0 amide bonds. The topological polar surface area (TPSA) is 69.1 Å². The highest BCUT2D eigenvalue weighted by Crippen LogP contribution is 2.28. The first-order valence-corrected chi connectivity index (χ1v) is 9.88. The number of rotatable bonds is 4. The number of piperidine rings is 1. The summed E-state index contributed by atoms with van der Waals surface area (Å²) >= 11 is 0. The lowest BCUT2D eigenvalue weighted by atomic mass is 9.94. The van der Waals surface area contributed by atoms with Crippen molar-refractivity contribution in [2.75, 3.05) is 50.9 Å². The van der Waals surface area contributed by atoms with E-state index in [0.29, 0.717) is 6.54 Å². The number of morpholine rings is 1. The first-order chi connectivity index (χ1) is 13.1. The molecule has 27 heavy (non-hydrogen) atoms. The predicted octanol–water partition coefficient (Wildman–Crippen LogP) is 1.55. The fourth-order valence-electron chi connectivity index (χ4n) is 4.12. The molecule has 1 aromatic carbocycles. The summed E-state index contributed by atoms with van der Waals surface area (Å²) in [6.07, 6.45) is 0.358. The highest BCUT2D eigenvalue weighted by molar-refractivity contribution is 5.82. The second kappa shape index (κ2) is 8.10. The summed E-state index contributed by atoms with van der Waals surface area (Å²) in [4.78, 5) is 9.61. The lowest BCUT2D eigenvalue weighted by Gasteiger charge is -2.36. The van der Waals surface area contributed by atoms with E-state index in [2.05, 4.69) is 41.0 Å². The molecule has 2 saturated heterocycles. The molecular weight excluding hydrogens is 342 g/mol. The fraction of sp³-hybridized carbons (Fsp3) is 0.571. The van der Waals surface area contributed by atoms with Crippen molar-refractivity contribution in [2.24, 2.45) is 5.92 Å². The Balaban J connectivity index is 1.64. The molecule has 0 aliphatic carbocycles. The molecule has 1 aromatic heterocycles. The summed E-state index contributed by atoms with van der Waals surface area (Å²) in [5.41, 5.74) is 3.44. The van der Waals surface area contributed by atoms with Crippen LogP contribution in [0.25, 0.3) is 10.9 Å². The van der Waals surface area contributed by atoms with Gasteiger partial charge in [0.05, 0.1) is 24.8 Å². The van der Waals surface area contributed by atoms with Gasteiger partial charge in [0.15, 0.2) is 0 Å². The van der Waals surface area contributed by atoms with Crippen LogP contribution in [0.5, 0.6) is 0 Å². The zero-order valence-electron chi connectivity index (χ0n) is 16.0. The minimum atomic E-state index is -0.466. The first-order valence-electron chi connectivity index (χ1n) is 9.88. The highest BCUT2D eigenvalue weighted by atomic mass is 16.5. The van der Waals surface area contributed by atoms with E-state index in [0.717, 1.165) is 62.5 Å². The number of aliphatic hydroxyl groups excluding tert-OH is 2. The van der Waals surface area contributed by atoms with Crippen LogP contribution in [0.2, 0.25) is 0 Å². The number of aliphatic hydroxyl groups is 2. The average molecular weight is 371 g/mol. The van der Waals surface area contributed by atoms with Gasteiger partial charge in [0.25, 0.3) is 0 Å². The van der Waals surface area contributed by atoms with Gasteiger partial charge in [-0.15, -0.1) is 0 Å². The largest absolute Gasteiger partial charge is 0.396 e. The van der Waals surface area contributed by atoms with Crippen LogP contribution in [0.3, 0.4) is 0 Å². The number of aromatic nitrogens is 1. The molecule has 0 radical (unpaired) electrons. The number of anilines is 1. The maximum Gasteiger partial charge on any atom is 0.133 e. The summed E-state index contributed by atoms with van der Waals surface area (Å²) in [5, 5.41) is 20.8. The Kier molecular flexibility index (Phi) is 5.59. The Morgan fingerprint density at radius 2 is 2.00 bits per heavy atom. The standard InChI is InChI=1S/C21H29N3O3/c1-15-2-3-16-11-18(12-23-5-4-17(14-25)20(26)13-23)21(22-19(16)10-15)24-6-8-27-9-7-24/h2-3,10-11,17,20,25-26H,4-9,12-14H2,1H3/t17-,20-/m1/s1. The predicted molar refractivity (Wildman–Crippen MR) is 106 cm³/mol. The minimum Gasteiger partial charge on any atom is -0.396 e. The molecule has 0 saturated carbocycles. The van der Waals surface area contributed by atoms with Crippen molar-refractivity contribution in [3.8, 4) is 0 Å². The van der Waals surface area contributed by atoms with Crippen molar-refractivity contribution in [3.05, 3.63) is 35.4 Å². The summed E-state index contributed by atoms with van der Waals surface area (Å²) in [6.45, 7) is 7.57. The van der Waals surface area contributed by atoms with Gasteiger partial charge in [0.1, 0.15) is 5.82 Å². The quantitative estimate of drug-likeness (QED) is 0.850. The summed E-state index contributed by atoms with van der Waals surface area (Å²) < 4.78 is 5.52. The lowest BCUT2D eigenvalue weighted by Crippen LogP contribution is -2.45. The summed E-state index contributed by atoms with van der Waals surface area (Å²) in [7, 11) is 0. The van der Waals surface area contributed by atoms with Crippen LogP contribution in [0, 0.1) is 12.8 Å². The van der Waals surface area contributed by atoms with Gasteiger partial charge in [-0.05, 0) is 37.6 Å². The zero-order valence-corrected chi connectivity index (χ0v) is 16.0. The number of pyridine rings is 1. The smallest absolute Gasteiger partial charge is 0.133 e. The summed E-state index contributed by atoms with van der Waals surface area (Å²) in [6, 6.07) is 8.65. The first kappa shape index (κ1) is 18.6. The van der Waals surface area contributed by atoms with Gasteiger partial charge in [0.2, 0.25) is 0 Å². The van der Waals surface area contributed by atoms with Crippen LogP contribution in [0.4, 0.5) is 5.82 Å². The van der Waals surface area contributed by atoms with E-state index in [1.807, 2.05) is 0 Å². The van der Waals surface area contributed by atoms with Gasteiger partial charge in [0, 0.05) is 49.7 Å². The van der Waals surface area contributed by atoms with Crippen molar-refractivity contribution in [2.45, 2.75) is 26.0 Å². The third-order valence-corrected chi connectivity index (χ3v) is 5.77. The number of aryl methyl sites for hydroxylation is 1. The Morgan fingerprint density at radius 3 is 2.74 bits per heavy atom. The molecule has 2 aliphatic rings. The Bertz CT molecular complexity index is 792. The zero-order chi connectivity index (χ0) is 18.8. The number of ether oxygens (including phenoxy) is 1. The van der Waals surface area contributed by atoms with Crippen LogP contribution < -0.4 is 4.90 Å². The van der Waals surface area contributed by atoms with Crippen molar-refractivity contribution in [1.29, 1.82) is 0 Å². The molecule has 146 valence electrons. The maximum atomic E-state index is 10.3. The van der Waals surface area contributed by atoms with E-state index >= 15 is 0 Å². The highest BCUT2D eigenvalue weighted by Gasteiger charge is 2.28. The van der Waals surface area contributed by atoms with Crippen molar-refractivity contribution >= 4 is 16.7 Å². The second-order valence-electron chi connectivity index (χ2n) is 7.80. The van der Waals surface area contributed by atoms with Gasteiger partial charge in [-0.25, -0.2) is 4.98 Å². The Morgan fingerprint density at radius 1 is 1.19 bits per heavy atom. The number of β-amino-alcohol motifs (C(OH)–C–C–N with tert-alkyl or cyclic N) is 1. The molecule has 0 spiro atoms. The second-order valence-corrected chi connectivity index (χ2v) is 7.80. The van der Waals surface area contributed by atoms with Gasteiger partial charge < -0.3 is 19.8 Å². The molecule has 6 nitrogen and oxygen atoms in total. The molecule has 2 fully saturated rings. The van der Waals surface area contributed by atoms with Crippen LogP contribution in [-0.4, -0.2) is 72.2 Å². The van der Waals surface area contributed by atoms with E-state index in [9.17, 15) is 10.2 Å². The number of likely N-dealkylation sites (tertiary alicyclic amines) is 1. The molecule has 4 rings (SSSR count). The molecule has 0 bridgehead atoms. The van der Waals surface area contributed by atoms with Gasteiger partial charge >= 0.3 is 0 Å². The molecule has 3 heterocycles. The third-order valence-electron chi connectivity index (χ3n) is 5.77. The molecule has 6 heteroatoms. The minimum absolute atomic E-state index is 0.00216. The Labute approximate surface area is 160 Å². The molecule has 0 unspecified atom stereocenters. The van der Waals surface area contributed by atoms with E-state index in [1.54, 1.807) is 0 Å². The summed E-state index contributed by atoms with van der Waals surface area (Å²) in [5.74, 6) is 1.04. The Hall–Kier alpha value is -1.73. The molecule has 2 aliphatic heterocycles. The molecule has 2 atom stereocenters. The number of benzene rings is 1.